The quantitative estimate of drug-likeness (QED) is 0.149. The fraction of sp³-hybridized carbons (Fsp3) is 0.143. The smallest absolute Gasteiger partial charge is 0.135 e. The Labute approximate surface area is 511 Å². The SMILES string of the molecule is [2H]c1c([2H])c([2H])c2c(c1[2H])c1ccc(Oc3[c-]c(N4[CH-]N(c5c(-c6cc(C(C)(C)C)cc(C(C)(C)C)c6)cccc5-c5cccc6c5-c5ccccc5C65c6ccccc6Cc6ccccc65)c5ccccc54)ccc3)[c-]c1n2-c1cc(C([2H])([2H])[2H])ccn1.[Pt]. The van der Waals surface area contributed by atoms with Crippen molar-refractivity contribution in [1.82, 2.24) is 9.55 Å². The number of hydrogen-bond donors (Lipinski definition) is 0. The van der Waals surface area contributed by atoms with Gasteiger partial charge in [-0.05, 0) is 132 Å². The molecule has 6 heteroatoms. The number of anilines is 4. The summed E-state index contributed by atoms with van der Waals surface area (Å²) in [6.45, 7) is 13.4. The van der Waals surface area contributed by atoms with Gasteiger partial charge in [0.1, 0.15) is 5.82 Å². The molecule has 0 fully saturated rings. The van der Waals surface area contributed by atoms with Gasteiger partial charge < -0.3 is 19.1 Å². The number of nitrogens with zero attached hydrogens (tertiary/aromatic N) is 4. The van der Waals surface area contributed by atoms with Crippen LogP contribution in [-0.4, -0.2) is 9.55 Å². The van der Waals surface area contributed by atoms with Crippen LogP contribution < -0.4 is 14.5 Å². The summed E-state index contributed by atoms with van der Waals surface area (Å²) in [6.07, 6.45) is 2.25. The average Bonchev–Trinajstić information content (AvgIpc) is 1.48. The number of rotatable bonds is 7. The van der Waals surface area contributed by atoms with Crippen LogP contribution in [0.1, 0.15) is 101 Å². The standard InChI is InChI=1S/C77H61N4O.Pt/c1-49-39-40-78-72(41-49)81-68-34-15-11-25-59(68)60-38-37-57(47-71(60)81)82-56-24-18-23-55(46-56)79-48-80(70-36-17-16-35-69(70)79)74-58(52-43-53(75(2,3)4)45-54(44-52)76(5,6)7)27-19-29-62(74)61-28-20-33-67-73(61)63-26-10-14-32-66(63)77(67)64-30-12-8-21-50(64)42-51-22-9-13-31-65(51)77;/h8-41,43-45,48H,42H2,1-7H3;/q-3;/i1D3,11D,15D,25D,34D;. The number of para-hydroxylation sites is 4. The second-order valence-electron chi connectivity index (χ2n) is 23.9. The first-order valence-electron chi connectivity index (χ1n) is 31.6. The second-order valence-corrected chi connectivity index (χ2v) is 23.9. The van der Waals surface area contributed by atoms with Gasteiger partial charge in [-0.25, -0.2) is 4.98 Å². The van der Waals surface area contributed by atoms with Gasteiger partial charge in [-0.3, -0.25) is 0 Å². The monoisotopic (exact) mass is 1260 g/mol. The molecule has 0 atom stereocenters. The molecule has 15 rings (SSSR count). The van der Waals surface area contributed by atoms with E-state index in [9.17, 15) is 0 Å². The Hall–Kier alpha value is -8.76. The zero-order valence-corrected chi connectivity index (χ0v) is 49.1. The molecule has 12 aromatic rings. The van der Waals surface area contributed by atoms with Gasteiger partial charge in [-0.15, -0.1) is 48.1 Å². The van der Waals surface area contributed by atoms with E-state index in [1.165, 1.54) is 74.0 Å². The Morgan fingerprint density at radius 2 is 1.18 bits per heavy atom. The number of aromatic nitrogens is 2. The number of benzene rings is 10. The molecule has 3 heterocycles. The van der Waals surface area contributed by atoms with Crippen LogP contribution in [0.15, 0.2) is 224 Å². The molecule has 0 unspecified atom stereocenters. The molecule has 1 aliphatic heterocycles. The van der Waals surface area contributed by atoms with E-state index in [1.807, 2.05) is 18.2 Å². The molecule has 2 aliphatic carbocycles. The van der Waals surface area contributed by atoms with E-state index in [-0.39, 0.29) is 78.1 Å². The number of hydrogen-bond acceptors (Lipinski definition) is 4. The van der Waals surface area contributed by atoms with Crippen molar-refractivity contribution < 1.29 is 35.4 Å². The molecule has 1 spiro atoms. The van der Waals surface area contributed by atoms with Gasteiger partial charge >= 0.3 is 0 Å². The molecule has 0 bridgehead atoms. The second kappa shape index (κ2) is 19.7. The maximum Gasteiger partial charge on any atom is 0.135 e. The Bertz CT molecular complexity index is 4860. The van der Waals surface area contributed by atoms with Crippen LogP contribution in [0.3, 0.4) is 0 Å². The summed E-state index contributed by atoms with van der Waals surface area (Å²) in [5.41, 5.74) is 20.5. The molecule has 0 N–H and O–H groups in total. The van der Waals surface area contributed by atoms with Crippen molar-refractivity contribution in [3.8, 4) is 50.7 Å². The van der Waals surface area contributed by atoms with Crippen molar-refractivity contribution in [3.05, 3.63) is 293 Å². The molecule has 10 aromatic carbocycles. The summed E-state index contributed by atoms with van der Waals surface area (Å²) < 4.78 is 68.1. The predicted molar refractivity (Wildman–Crippen MR) is 337 cm³/mol. The van der Waals surface area contributed by atoms with Crippen LogP contribution in [0.4, 0.5) is 22.7 Å². The van der Waals surface area contributed by atoms with E-state index in [0.29, 0.717) is 22.3 Å². The van der Waals surface area contributed by atoms with E-state index in [2.05, 4.69) is 227 Å². The molecule has 0 amide bonds. The minimum Gasteiger partial charge on any atom is -0.509 e. The van der Waals surface area contributed by atoms with Gasteiger partial charge in [0.05, 0.1) is 10.9 Å². The number of aryl methyl sites for hydroxylation is 1. The fourth-order valence-corrected chi connectivity index (χ4v) is 13.2. The third-order valence-electron chi connectivity index (χ3n) is 17.0. The zero-order chi connectivity index (χ0) is 61.6. The van der Waals surface area contributed by atoms with Gasteiger partial charge in [0.15, 0.2) is 0 Å². The molecule has 0 radical (unpaired) electrons. The van der Waals surface area contributed by atoms with E-state index in [4.69, 9.17) is 14.3 Å². The summed E-state index contributed by atoms with van der Waals surface area (Å²) >= 11 is 0. The molecule has 3 aliphatic rings. The predicted octanol–water partition coefficient (Wildman–Crippen LogP) is 19.5. The minimum absolute atomic E-state index is 0. The minimum atomic E-state index is -2.46. The van der Waals surface area contributed by atoms with E-state index in [0.717, 1.165) is 45.7 Å². The number of pyridine rings is 1. The molecular formula is C77H61N4OPt-3. The van der Waals surface area contributed by atoms with Crippen molar-refractivity contribution in [3.63, 3.8) is 0 Å². The third-order valence-corrected chi connectivity index (χ3v) is 17.0. The summed E-state index contributed by atoms with van der Waals surface area (Å²) in [4.78, 5) is 9.05. The topological polar surface area (TPSA) is 33.5 Å². The van der Waals surface area contributed by atoms with Crippen LogP contribution in [0.2, 0.25) is 0 Å². The third kappa shape index (κ3) is 8.33. The van der Waals surface area contributed by atoms with Crippen LogP contribution in [0.5, 0.6) is 11.5 Å². The van der Waals surface area contributed by atoms with Crippen molar-refractivity contribution in [2.45, 2.75) is 71.1 Å². The molecule has 2 aromatic heterocycles. The Morgan fingerprint density at radius 3 is 1.93 bits per heavy atom. The van der Waals surface area contributed by atoms with E-state index < -0.39 is 18.3 Å². The molecule has 408 valence electrons. The van der Waals surface area contributed by atoms with Crippen molar-refractivity contribution in [2.24, 2.45) is 0 Å². The first-order chi connectivity index (χ1) is 42.7. The van der Waals surface area contributed by atoms with Crippen molar-refractivity contribution in [2.75, 3.05) is 9.80 Å². The Morgan fingerprint density at radius 1 is 0.566 bits per heavy atom. The van der Waals surface area contributed by atoms with E-state index >= 15 is 0 Å². The average molecular weight is 1260 g/mol. The summed E-state index contributed by atoms with van der Waals surface area (Å²) in [7, 11) is 0. The molecule has 5 nitrogen and oxygen atoms in total. The number of fused-ring (bicyclic) bond motifs is 13. The van der Waals surface area contributed by atoms with Gasteiger partial charge in [0.2, 0.25) is 0 Å². The summed E-state index contributed by atoms with van der Waals surface area (Å²) in [5.74, 6) is 0.810. The molecule has 83 heavy (non-hydrogen) atoms. The van der Waals surface area contributed by atoms with Crippen molar-refractivity contribution in [1.29, 1.82) is 0 Å². The van der Waals surface area contributed by atoms with Gasteiger partial charge in [0, 0.05) is 76.6 Å². The first-order valence-corrected chi connectivity index (χ1v) is 28.1. The van der Waals surface area contributed by atoms with Crippen LogP contribution in [0, 0.1) is 25.7 Å². The summed E-state index contributed by atoms with van der Waals surface area (Å²) in [6, 6.07) is 74.1. The van der Waals surface area contributed by atoms with Crippen LogP contribution in [0.25, 0.3) is 61.0 Å². The zero-order valence-electron chi connectivity index (χ0n) is 53.9. The maximum atomic E-state index is 9.08. The summed E-state index contributed by atoms with van der Waals surface area (Å²) in [5, 5.41) is 0.721. The van der Waals surface area contributed by atoms with E-state index in [1.54, 1.807) is 16.7 Å². The molecular weight excluding hydrogens is 1190 g/mol. The van der Waals surface area contributed by atoms with Crippen LogP contribution in [-0.2, 0) is 43.7 Å². The van der Waals surface area contributed by atoms with Gasteiger partial charge in [-0.1, -0.05) is 205 Å². The molecule has 0 saturated heterocycles. The maximum absolute atomic E-state index is 9.08. The first kappa shape index (κ1) is 44.8. The van der Waals surface area contributed by atoms with Crippen LogP contribution >= 0.6 is 0 Å². The van der Waals surface area contributed by atoms with Crippen molar-refractivity contribution >= 4 is 44.6 Å². The Kier molecular flexibility index (Phi) is 10.6. The number of ether oxygens (including phenoxy) is 1. The van der Waals surface area contributed by atoms with Gasteiger partial charge in [0.25, 0.3) is 0 Å². The van der Waals surface area contributed by atoms with Gasteiger partial charge in [-0.2, -0.15) is 12.1 Å². The fourth-order valence-electron chi connectivity index (χ4n) is 13.2. The Balaban J connectivity index is 0.00000707. The molecule has 0 saturated carbocycles. The largest absolute Gasteiger partial charge is 0.509 e. The normalized spacial score (nSPS) is 15.2.